The summed E-state index contributed by atoms with van der Waals surface area (Å²) in [5.74, 6) is 0. The molecule has 3 heteroatoms. The lowest BCUT2D eigenvalue weighted by molar-refractivity contribution is -0.0495. The second-order valence-corrected chi connectivity index (χ2v) is 5.99. The zero-order valence-corrected chi connectivity index (χ0v) is 10.8. The van der Waals surface area contributed by atoms with E-state index in [1.807, 2.05) is 25.1 Å². The van der Waals surface area contributed by atoms with Crippen molar-refractivity contribution in [1.82, 2.24) is 4.90 Å². The monoisotopic (exact) mass is 247 g/mol. The van der Waals surface area contributed by atoms with Crippen molar-refractivity contribution in [2.75, 3.05) is 13.1 Å². The molecule has 3 nitrogen and oxygen atoms in total. The van der Waals surface area contributed by atoms with Gasteiger partial charge >= 0.3 is 0 Å². The second kappa shape index (κ2) is 4.34. The van der Waals surface area contributed by atoms with Gasteiger partial charge in [0.05, 0.1) is 11.7 Å². The fraction of sp³-hybridized carbons (Fsp3) is 0.600. The SMILES string of the molecule is CC1(O)CCCN(C2Cc3ccccc3C2O)C1. The first-order valence-electron chi connectivity index (χ1n) is 6.79. The first-order chi connectivity index (χ1) is 8.57. The maximum absolute atomic E-state index is 10.4. The van der Waals surface area contributed by atoms with E-state index in [0.29, 0.717) is 6.54 Å². The highest BCUT2D eigenvalue weighted by molar-refractivity contribution is 5.36. The molecule has 0 bridgehead atoms. The number of fused-ring (bicyclic) bond motifs is 1. The van der Waals surface area contributed by atoms with Gasteiger partial charge in [-0.05, 0) is 43.9 Å². The van der Waals surface area contributed by atoms with Gasteiger partial charge in [-0.15, -0.1) is 0 Å². The first-order valence-corrected chi connectivity index (χ1v) is 6.79. The number of aliphatic hydroxyl groups excluding tert-OH is 1. The van der Waals surface area contributed by atoms with Gasteiger partial charge in [0.15, 0.2) is 0 Å². The van der Waals surface area contributed by atoms with Crippen LogP contribution in [0.1, 0.15) is 37.0 Å². The topological polar surface area (TPSA) is 43.7 Å². The molecular weight excluding hydrogens is 226 g/mol. The van der Waals surface area contributed by atoms with Gasteiger partial charge < -0.3 is 10.2 Å². The van der Waals surface area contributed by atoms with Gasteiger partial charge in [0, 0.05) is 12.6 Å². The van der Waals surface area contributed by atoms with Crippen LogP contribution in [0.5, 0.6) is 0 Å². The Bertz CT molecular complexity index is 444. The molecule has 1 saturated heterocycles. The summed E-state index contributed by atoms with van der Waals surface area (Å²) < 4.78 is 0. The number of hydrogen-bond acceptors (Lipinski definition) is 3. The molecule has 0 spiro atoms. The molecule has 1 fully saturated rings. The van der Waals surface area contributed by atoms with Crippen molar-refractivity contribution in [2.24, 2.45) is 0 Å². The lowest BCUT2D eigenvalue weighted by Gasteiger charge is -2.41. The second-order valence-electron chi connectivity index (χ2n) is 5.99. The van der Waals surface area contributed by atoms with Gasteiger partial charge in [-0.2, -0.15) is 0 Å². The molecule has 2 aliphatic rings. The van der Waals surface area contributed by atoms with Gasteiger partial charge in [-0.1, -0.05) is 24.3 Å². The number of piperidine rings is 1. The molecule has 1 heterocycles. The van der Waals surface area contributed by atoms with E-state index in [4.69, 9.17) is 0 Å². The molecule has 0 amide bonds. The summed E-state index contributed by atoms with van der Waals surface area (Å²) in [6.07, 6.45) is 2.36. The molecular formula is C15H21NO2. The van der Waals surface area contributed by atoms with E-state index in [1.54, 1.807) is 0 Å². The standard InChI is InChI=1S/C15H21NO2/c1-15(18)7-4-8-16(10-15)13-9-11-5-2-3-6-12(11)14(13)17/h2-3,5-6,13-14,17-18H,4,7-10H2,1H3. The summed E-state index contributed by atoms with van der Waals surface area (Å²) in [7, 11) is 0. The Labute approximate surface area is 108 Å². The van der Waals surface area contributed by atoms with Crippen LogP contribution in [-0.4, -0.2) is 39.8 Å². The quantitative estimate of drug-likeness (QED) is 0.790. The van der Waals surface area contributed by atoms with Crippen molar-refractivity contribution in [3.63, 3.8) is 0 Å². The Morgan fingerprint density at radius 3 is 2.83 bits per heavy atom. The molecule has 0 radical (unpaired) electrons. The van der Waals surface area contributed by atoms with Crippen molar-refractivity contribution in [3.05, 3.63) is 35.4 Å². The molecule has 1 aliphatic carbocycles. The van der Waals surface area contributed by atoms with Crippen LogP contribution in [0.2, 0.25) is 0 Å². The minimum atomic E-state index is -0.604. The highest BCUT2D eigenvalue weighted by atomic mass is 16.3. The van der Waals surface area contributed by atoms with E-state index in [9.17, 15) is 10.2 Å². The van der Waals surface area contributed by atoms with E-state index >= 15 is 0 Å². The third-order valence-electron chi connectivity index (χ3n) is 4.34. The average molecular weight is 247 g/mol. The number of hydrogen-bond donors (Lipinski definition) is 2. The fourth-order valence-corrected chi connectivity index (χ4v) is 3.42. The molecule has 98 valence electrons. The molecule has 18 heavy (non-hydrogen) atoms. The maximum Gasteiger partial charge on any atom is 0.0951 e. The molecule has 0 aromatic heterocycles. The van der Waals surface area contributed by atoms with Gasteiger partial charge in [-0.25, -0.2) is 0 Å². The zero-order chi connectivity index (χ0) is 12.8. The first kappa shape index (κ1) is 12.2. The highest BCUT2D eigenvalue weighted by Gasteiger charge is 2.39. The van der Waals surface area contributed by atoms with Crippen molar-refractivity contribution in [2.45, 2.75) is 43.9 Å². The molecule has 3 unspecified atom stereocenters. The molecule has 3 atom stereocenters. The average Bonchev–Trinajstić information content (AvgIpc) is 2.66. The maximum atomic E-state index is 10.4. The summed E-state index contributed by atoms with van der Waals surface area (Å²) in [5, 5.41) is 20.6. The van der Waals surface area contributed by atoms with E-state index in [1.165, 1.54) is 5.56 Å². The van der Waals surface area contributed by atoms with Gasteiger partial charge in [0.2, 0.25) is 0 Å². The number of likely N-dealkylation sites (tertiary alicyclic amines) is 1. The summed E-state index contributed by atoms with van der Waals surface area (Å²) in [5.41, 5.74) is 1.71. The third-order valence-corrected chi connectivity index (χ3v) is 4.34. The molecule has 1 aromatic rings. The molecule has 1 aromatic carbocycles. The van der Waals surface area contributed by atoms with Crippen LogP contribution in [0.3, 0.4) is 0 Å². The van der Waals surface area contributed by atoms with Crippen LogP contribution in [0.4, 0.5) is 0 Å². The number of β-amino-alcohol motifs (C(OH)–C–C–N with tert-alkyl or cyclic N) is 1. The third kappa shape index (κ3) is 2.07. The Kier molecular flexibility index (Phi) is 2.93. The van der Waals surface area contributed by atoms with E-state index < -0.39 is 11.7 Å². The Morgan fingerprint density at radius 1 is 1.33 bits per heavy atom. The van der Waals surface area contributed by atoms with Crippen LogP contribution in [-0.2, 0) is 6.42 Å². The number of rotatable bonds is 1. The lowest BCUT2D eigenvalue weighted by Crippen LogP contribution is -2.51. The zero-order valence-electron chi connectivity index (χ0n) is 10.8. The largest absolute Gasteiger partial charge is 0.389 e. The van der Waals surface area contributed by atoms with Gasteiger partial charge in [-0.3, -0.25) is 4.90 Å². The van der Waals surface area contributed by atoms with Gasteiger partial charge in [0.25, 0.3) is 0 Å². The summed E-state index contributed by atoms with van der Waals surface area (Å²) in [6.45, 7) is 3.54. The predicted molar refractivity (Wildman–Crippen MR) is 70.3 cm³/mol. The highest BCUT2D eigenvalue weighted by Crippen LogP contribution is 2.36. The summed E-state index contributed by atoms with van der Waals surface area (Å²) in [6, 6.07) is 8.26. The molecule has 0 saturated carbocycles. The Hall–Kier alpha value is -0.900. The molecule has 1 aliphatic heterocycles. The fourth-order valence-electron chi connectivity index (χ4n) is 3.42. The predicted octanol–water partition coefficient (Wildman–Crippen LogP) is 1.49. The van der Waals surface area contributed by atoms with Crippen LogP contribution >= 0.6 is 0 Å². The number of aliphatic hydroxyl groups is 2. The van der Waals surface area contributed by atoms with Crippen LogP contribution in [0.15, 0.2) is 24.3 Å². The van der Waals surface area contributed by atoms with Crippen molar-refractivity contribution in [3.8, 4) is 0 Å². The lowest BCUT2D eigenvalue weighted by atomic mass is 9.93. The van der Waals surface area contributed by atoms with Crippen molar-refractivity contribution < 1.29 is 10.2 Å². The van der Waals surface area contributed by atoms with Gasteiger partial charge in [0.1, 0.15) is 0 Å². The number of benzene rings is 1. The van der Waals surface area contributed by atoms with E-state index in [-0.39, 0.29) is 6.04 Å². The normalized spacial score (nSPS) is 36.6. The van der Waals surface area contributed by atoms with E-state index in [0.717, 1.165) is 31.4 Å². The summed E-state index contributed by atoms with van der Waals surface area (Å²) in [4.78, 5) is 2.26. The Morgan fingerprint density at radius 2 is 2.11 bits per heavy atom. The smallest absolute Gasteiger partial charge is 0.0951 e. The Balaban J connectivity index is 1.80. The van der Waals surface area contributed by atoms with E-state index in [2.05, 4.69) is 11.0 Å². The molecule has 2 N–H and O–H groups in total. The van der Waals surface area contributed by atoms with Crippen LogP contribution < -0.4 is 0 Å². The summed E-state index contributed by atoms with van der Waals surface area (Å²) >= 11 is 0. The number of nitrogens with zero attached hydrogens (tertiary/aromatic N) is 1. The molecule has 3 rings (SSSR count). The minimum absolute atomic E-state index is 0.133. The van der Waals surface area contributed by atoms with Crippen molar-refractivity contribution in [1.29, 1.82) is 0 Å². The minimum Gasteiger partial charge on any atom is -0.389 e. The van der Waals surface area contributed by atoms with Crippen LogP contribution in [0, 0.1) is 0 Å². The van der Waals surface area contributed by atoms with Crippen LogP contribution in [0.25, 0.3) is 0 Å². The van der Waals surface area contributed by atoms with Crippen molar-refractivity contribution >= 4 is 0 Å².